The molecule has 0 radical (unpaired) electrons. The maximum absolute atomic E-state index is 13.8. The Bertz CT molecular complexity index is 658. The summed E-state index contributed by atoms with van der Waals surface area (Å²) in [5.74, 6) is -0.468. The average Bonchev–Trinajstić information content (AvgIpc) is 2.88. The molecule has 4 nitrogen and oxygen atoms in total. The van der Waals surface area contributed by atoms with Crippen molar-refractivity contribution in [3.8, 4) is 0 Å². The normalized spacial score (nSPS) is 16.8. The van der Waals surface area contributed by atoms with Crippen molar-refractivity contribution >= 4 is 16.8 Å². The smallest absolute Gasteiger partial charge is 0.270 e. The van der Waals surface area contributed by atoms with Gasteiger partial charge in [0.05, 0.1) is 11.1 Å². The average molecular weight is 289 g/mol. The van der Waals surface area contributed by atoms with Gasteiger partial charge in [-0.3, -0.25) is 4.79 Å². The predicted octanol–water partition coefficient (Wildman–Crippen LogP) is 2.57. The van der Waals surface area contributed by atoms with Gasteiger partial charge >= 0.3 is 0 Å². The summed E-state index contributed by atoms with van der Waals surface area (Å²) in [5, 5.41) is 0.752. The number of rotatable bonds is 3. The zero-order valence-corrected chi connectivity index (χ0v) is 12.4. The molecular formula is C16H20FN3O. The van der Waals surface area contributed by atoms with E-state index >= 15 is 0 Å². The molecule has 112 valence electrons. The Balaban J connectivity index is 1.99. The Morgan fingerprint density at radius 2 is 2.19 bits per heavy atom. The lowest BCUT2D eigenvalue weighted by Crippen LogP contribution is -2.58. The molecule has 0 bridgehead atoms. The number of fused-ring (bicyclic) bond motifs is 1. The molecule has 0 saturated heterocycles. The first kappa shape index (κ1) is 14.1. The van der Waals surface area contributed by atoms with Gasteiger partial charge in [-0.1, -0.05) is 6.07 Å². The molecule has 1 heterocycles. The summed E-state index contributed by atoms with van der Waals surface area (Å²) in [7, 11) is 1.78. The topological polar surface area (TPSA) is 62.1 Å². The van der Waals surface area contributed by atoms with Crippen LogP contribution < -0.4 is 5.73 Å². The highest BCUT2D eigenvalue weighted by atomic mass is 19.1. The van der Waals surface area contributed by atoms with Gasteiger partial charge in [0.2, 0.25) is 0 Å². The first-order valence-corrected chi connectivity index (χ1v) is 7.24. The van der Waals surface area contributed by atoms with Crippen molar-refractivity contribution in [2.24, 2.45) is 5.73 Å². The first-order valence-electron chi connectivity index (χ1n) is 7.24. The van der Waals surface area contributed by atoms with Crippen LogP contribution in [0.3, 0.4) is 0 Å². The molecule has 1 fully saturated rings. The van der Waals surface area contributed by atoms with Crippen molar-refractivity contribution in [1.29, 1.82) is 0 Å². The van der Waals surface area contributed by atoms with Crippen LogP contribution >= 0.6 is 0 Å². The van der Waals surface area contributed by atoms with Gasteiger partial charge in [-0.2, -0.15) is 0 Å². The lowest BCUT2D eigenvalue weighted by atomic mass is 9.75. The molecule has 3 N–H and O–H groups in total. The minimum Gasteiger partial charge on any atom is -0.348 e. The first-order chi connectivity index (χ1) is 9.98. The third-order valence-electron chi connectivity index (χ3n) is 4.87. The number of carbonyl (C=O) groups is 1. The number of aromatic nitrogens is 1. The van der Waals surface area contributed by atoms with E-state index in [1.54, 1.807) is 24.1 Å². The zero-order valence-electron chi connectivity index (χ0n) is 12.4. The molecular weight excluding hydrogens is 269 g/mol. The van der Waals surface area contributed by atoms with E-state index in [9.17, 15) is 9.18 Å². The molecule has 0 spiro atoms. The van der Waals surface area contributed by atoms with Crippen LogP contribution in [0.2, 0.25) is 0 Å². The highest BCUT2D eigenvalue weighted by Gasteiger charge is 2.42. The highest BCUT2D eigenvalue weighted by molar-refractivity contribution is 5.99. The Hall–Kier alpha value is -1.88. The van der Waals surface area contributed by atoms with Gasteiger partial charge in [0, 0.05) is 19.0 Å². The molecule has 21 heavy (non-hydrogen) atoms. The van der Waals surface area contributed by atoms with E-state index in [4.69, 9.17) is 5.73 Å². The maximum atomic E-state index is 13.8. The number of hydrogen-bond donors (Lipinski definition) is 2. The summed E-state index contributed by atoms with van der Waals surface area (Å²) in [6.45, 7) is 2.36. The molecule has 1 aliphatic carbocycles. The van der Waals surface area contributed by atoms with E-state index in [1.165, 1.54) is 6.07 Å². The molecule has 3 rings (SSSR count). The highest BCUT2D eigenvalue weighted by Crippen LogP contribution is 2.37. The maximum Gasteiger partial charge on any atom is 0.270 e. The third kappa shape index (κ3) is 2.03. The monoisotopic (exact) mass is 289 g/mol. The van der Waals surface area contributed by atoms with Crippen LogP contribution in [0.25, 0.3) is 10.9 Å². The number of carbonyl (C=O) groups excluding carboxylic acids is 1. The SMILES string of the molecule is Cc1ccc(F)c2[nH]c(C(=O)N(C)C3(CN)CCC3)cc12. The van der Waals surface area contributed by atoms with E-state index in [2.05, 4.69) is 4.98 Å². The van der Waals surface area contributed by atoms with E-state index < -0.39 is 0 Å². The van der Waals surface area contributed by atoms with Crippen LogP contribution in [0, 0.1) is 12.7 Å². The van der Waals surface area contributed by atoms with Gasteiger partial charge in [-0.05, 0) is 43.9 Å². The van der Waals surface area contributed by atoms with E-state index in [0.29, 0.717) is 17.8 Å². The summed E-state index contributed by atoms with van der Waals surface area (Å²) in [4.78, 5) is 17.3. The number of nitrogens with zero attached hydrogens (tertiary/aromatic N) is 1. The Morgan fingerprint density at radius 1 is 1.48 bits per heavy atom. The quantitative estimate of drug-likeness (QED) is 0.912. The molecule has 5 heteroatoms. The standard InChI is InChI=1S/C16H20FN3O/c1-10-4-5-12(17)14-11(10)8-13(19-14)15(21)20(2)16(9-18)6-3-7-16/h4-5,8,19H,3,6-7,9,18H2,1-2H3. The lowest BCUT2D eigenvalue weighted by molar-refractivity contribution is 0.0317. The van der Waals surface area contributed by atoms with Crippen LogP contribution in [0.1, 0.15) is 35.3 Å². The zero-order chi connectivity index (χ0) is 15.2. The third-order valence-corrected chi connectivity index (χ3v) is 4.87. The number of H-pyrrole nitrogens is 1. The minimum atomic E-state index is -0.338. The fourth-order valence-corrected chi connectivity index (χ4v) is 3.10. The van der Waals surface area contributed by atoms with E-state index in [-0.39, 0.29) is 17.3 Å². The number of aromatic amines is 1. The van der Waals surface area contributed by atoms with Gasteiger partial charge in [0.15, 0.2) is 0 Å². The van der Waals surface area contributed by atoms with Crippen molar-refractivity contribution in [2.75, 3.05) is 13.6 Å². The summed E-state index contributed by atoms with van der Waals surface area (Å²) < 4.78 is 13.8. The van der Waals surface area contributed by atoms with Crippen molar-refractivity contribution in [3.05, 3.63) is 35.3 Å². The number of nitrogens with two attached hydrogens (primary N) is 1. The van der Waals surface area contributed by atoms with Crippen molar-refractivity contribution in [2.45, 2.75) is 31.7 Å². The van der Waals surface area contributed by atoms with E-state index in [0.717, 1.165) is 30.2 Å². The van der Waals surface area contributed by atoms with Gasteiger partial charge < -0.3 is 15.6 Å². The summed E-state index contributed by atoms with van der Waals surface area (Å²) in [5.41, 5.74) is 7.36. The van der Waals surface area contributed by atoms with Crippen LogP contribution in [-0.2, 0) is 0 Å². The Kier molecular flexibility index (Phi) is 3.24. The fourth-order valence-electron chi connectivity index (χ4n) is 3.10. The summed E-state index contributed by atoms with van der Waals surface area (Å²) >= 11 is 0. The molecule has 1 amide bonds. The lowest BCUT2D eigenvalue weighted by Gasteiger charge is -2.47. The second-order valence-corrected chi connectivity index (χ2v) is 5.98. The van der Waals surface area contributed by atoms with E-state index in [1.807, 2.05) is 6.92 Å². The van der Waals surface area contributed by atoms with Gasteiger partial charge in [0.1, 0.15) is 11.5 Å². The van der Waals surface area contributed by atoms with Crippen molar-refractivity contribution < 1.29 is 9.18 Å². The van der Waals surface area contributed by atoms with Crippen molar-refractivity contribution in [1.82, 2.24) is 9.88 Å². The molecule has 0 aliphatic heterocycles. The summed E-state index contributed by atoms with van der Waals surface area (Å²) in [6.07, 6.45) is 2.95. The number of nitrogens with one attached hydrogen (secondary N) is 1. The fraction of sp³-hybridized carbons (Fsp3) is 0.438. The molecule has 1 aromatic heterocycles. The number of amides is 1. The molecule has 1 aliphatic rings. The second-order valence-electron chi connectivity index (χ2n) is 5.98. The molecule has 2 aromatic rings. The number of benzene rings is 1. The number of hydrogen-bond acceptors (Lipinski definition) is 2. The minimum absolute atomic E-state index is 0.129. The predicted molar refractivity (Wildman–Crippen MR) is 80.7 cm³/mol. The van der Waals surface area contributed by atoms with Crippen molar-refractivity contribution in [3.63, 3.8) is 0 Å². The summed E-state index contributed by atoms with van der Waals surface area (Å²) in [6, 6.07) is 4.87. The van der Waals surface area contributed by atoms with Gasteiger partial charge in [-0.15, -0.1) is 0 Å². The number of halogens is 1. The molecule has 1 aromatic carbocycles. The largest absolute Gasteiger partial charge is 0.348 e. The van der Waals surface area contributed by atoms with Gasteiger partial charge in [-0.25, -0.2) is 4.39 Å². The molecule has 0 atom stereocenters. The van der Waals surface area contributed by atoms with Crippen LogP contribution in [0.5, 0.6) is 0 Å². The van der Waals surface area contributed by atoms with Crippen LogP contribution in [0.15, 0.2) is 18.2 Å². The Morgan fingerprint density at radius 3 is 2.71 bits per heavy atom. The Labute approximate surface area is 123 Å². The number of likely N-dealkylation sites (N-methyl/N-ethyl adjacent to an activating group) is 1. The molecule has 1 saturated carbocycles. The molecule has 0 unspecified atom stereocenters. The number of aryl methyl sites for hydroxylation is 1. The van der Waals surface area contributed by atoms with Crippen LogP contribution in [-0.4, -0.2) is 34.9 Å². The van der Waals surface area contributed by atoms with Gasteiger partial charge in [0.25, 0.3) is 5.91 Å². The van der Waals surface area contributed by atoms with Crippen LogP contribution in [0.4, 0.5) is 4.39 Å². The second kappa shape index (κ2) is 4.84.